The fraction of sp³-hybridized carbons (Fsp3) is 0.391. The molecular formula is C23H24BrN5O5S2. The van der Waals surface area contributed by atoms with Gasteiger partial charge in [-0.3, -0.25) is 8.98 Å². The fourth-order valence-corrected chi connectivity index (χ4v) is 6.34. The monoisotopic (exact) mass is 593 g/mol. The number of carbonyl (C=O) groups is 1. The van der Waals surface area contributed by atoms with Crippen LogP contribution in [0, 0.1) is 30.1 Å². The number of hydrogen-bond donors (Lipinski definition) is 2. The van der Waals surface area contributed by atoms with Crippen molar-refractivity contribution in [3.05, 3.63) is 67.6 Å². The highest BCUT2D eigenvalue weighted by atomic mass is 79.9. The highest BCUT2D eigenvalue weighted by Gasteiger charge is 2.35. The first-order chi connectivity index (χ1) is 17.0. The Hall–Kier alpha value is -2.47. The third kappa shape index (κ3) is 6.26. The van der Waals surface area contributed by atoms with Gasteiger partial charge in [0.25, 0.3) is 0 Å². The van der Waals surface area contributed by atoms with Crippen molar-refractivity contribution in [3.63, 3.8) is 0 Å². The highest BCUT2D eigenvalue weighted by Crippen LogP contribution is 2.35. The zero-order chi connectivity index (χ0) is 26.0. The topological polar surface area (TPSA) is 161 Å². The maximum Gasteiger partial charge on any atom is 0.333 e. The van der Waals surface area contributed by atoms with E-state index in [-0.39, 0.29) is 24.2 Å². The Bertz CT molecular complexity index is 1430. The van der Waals surface area contributed by atoms with Crippen molar-refractivity contribution in [3.8, 4) is 6.07 Å². The Morgan fingerprint density at radius 1 is 1.42 bits per heavy atom. The van der Waals surface area contributed by atoms with Gasteiger partial charge < -0.3 is 9.67 Å². The first kappa shape index (κ1) is 26.6. The fourth-order valence-electron chi connectivity index (χ4n) is 4.53. The minimum Gasteiger partial charge on any atom is -0.393 e. The van der Waals surface area contributed by atoms with E-state index in [0.29, 0.717) is 47.6 Å². The van der Waals surface area contributed by atoms with Crippen LogP contribution in [0.25, 0.3) is 0 Å². The normalized spacial score (nSPS) is 19.9. The van der Waals surface area contributed by atoms with Gasteiger partial charge in [0, 0.05) is 34.2 Å². The molecule has 0 spiro atoms. The van der Waals surface area contributed by atoms with Crippen LogP contribution in [0.2, 0.25) is 0 Å². The van der Waals surface area contributed by atoms with Gasteiger partial charge in [-0.05, 0) is 65.7 Å². The van der Waals surface area contributed by atoms with Gasteiger partial charge in [0.1, 0.15) is 18.1 Å². The van der Waals surface area contributed by atoms with Crippen molar-refractivity contribution >= 4 is 43.4 Å². The molecule has 0 unspecified atom stereocenters. The van der Waals surface area contributed by atoms with Gasteiger partial charge in [-0.1, -0.05) is 0 Å². The number of aliphatic hydroxyl groups is 1. The van der Waals surface area contributed by atoms with Crippen LogP contribution in [0.15, 0.2) is 35.3 Å². The van der Waals surface area contributed by atoms with Gasteiger partial charge in [0.15, 0.2) is 0 Å². The van der Waals surface area contributed by atoms with Crippen molar-refractivity contribution in [1.82, 2.24) is 14.5 Å². The van der Waals surface area contributed by atoms with Gasteiger partial charge in [0.2, 0.25) is 5.78 Å². The Balaban J connectivity index is 1.49. The SMILES string of the molecule is Cc1sc(C(=O)c2cncnc2C[C@@H]2C[C@H](COS(N)(=O)=O)[C@@H](O)C2)cc1Cn1cc(Br)cc1C#N. The van der Waals surface area contributed by atoms with Crippen LogP contribution in [0.1, 0.15) is 49.9 Å². The van der Waals surface area contributed by atoms with E-state index in [2.05, 4.69) is 36.2 Å². The van der Waals surface area contributed by atoms with Gasteiger partial charge in [-0.2, -0.15) is 13.7 Å². The van der Waals surface area contributed by atoms with Crippen molar-refractivity contribution in [1.29, 1.82) is 5.26 Å². The van der Waals surface area contributed by atoms with Crippen LogP contribution in [-0.2, 0) is 27.5 Å². The number of aryl methyl sites for hydroxylation is 1. The van der Waals surface area contributed by atoms with E-state index >= 15 is 0 Å². The van der Waals surface area contributed by atoms with Crippen LogP contribution in [0.3, 0.4) is 0 Å². The molecule has 1 aliphatic carbocycles. The van der Waals surface area contributed by atoms with Crippen molar-refractivity contribution in [2.45, 2.75) is 38.8 Å². The van der Waals surface area contributed by atoms with E-state index in [1.165, 1.54) is 23.9 Å². The molecular weight excluding hydrogens is 570 g/mol. The largest absolute Gasteiger partial charge is 0.393 e. The zero-order valence-corrected chi connectivity index (χ0v) is 22.5. The van der Waals surface area contributed by atoms with E-state index in [1.54, 1.807) is 6.07 Å². The molecule has 0 bridgehead atoms. The summed E-state index contributed by atoms with van der Waals surface area (Å²) in [4.78, 5) is 23.4. The summed E-state index contributed by atoms with van der Waals surface area (Å²) in [6.07, 6.45) is 5.38. The molecule has 0 saturated heterocycles. The lowest BCUT2D eigenvalue weighted by atomic mass is 9.96. The number of rotatable bonds is 9. The van der Waals surface area contributed by atoms with Crippen molar-refractivity contribution in [2.75, 3.05) is 6.61 Å². The molecule has 10 nitrogen and oxygen atoms in total. The first-order valence-electron chi connectivity index (χ1n) is 11.1. The molecule has 190 valence electrons. The van der Waals surface area contributed by atoms with E-state index < -0.39 is 16.4 Å². The molecule has 0 aromatic carbocycles. The van der Waals surface area contributed by atoms with Gasteiger partial charge in [-0.25, -0.2) is 15.1 Å². The second kappa shape index (κ2) is 10.9. The van der Waals surface area contributed by atoms with Crippen LogP contribution >= 0.6 is 27.3 Å². The quantitative estimate of drug-likeness (QED) is 0.358. The molecule has 3 heterocycles. The number of nitriles is 1. The summed E-state index contributed by atoms with van der Waals surface area (Å²) in [5, 5.41) is 24.6. The lowest BCUT2D eigenvalue weighted by Gasteiger charge is -2.13. The lowest BCUT2D eigenvalue weighted by molar-refractivity contribution is 0.100. The summed E-state index contributed by atoms with van der Waals surface area (Å²) in [6.45, 7) is 2.21. The molecule has 3 N–H and O–H groups in total. The smallest absolute Gasteiger partial charge is 0.333 e. The summed E-state index contributed by atoms with van der Waals surface area (Å²) >= 11 is 4.77. The number of thiophene rings is 1. The van der Waals surface area contributed by atoms with Crippen LogP contribution in [-0.4, -0.2) is 46.6 Å². The van der Waals surface area contributed by atoms with Gasteiger partial charge in [0.05, 0.1) is 28.8 Å². The number of ketones is 1. The molecule has 4 rings (SSSR count). The number of aliphatic hydroxyl groups excluding tert-OH is 1. The Labute approximate surface area is 221 Å². The first-order valence-corrected chi connectivity index (χ1v) is 14.2. The molecule has 13 heteroatoms. The van der Waals surface area contributed by atoms with Crippen LogP contribution in [0.5, 0.6) is 0 Å². The summed E-state index contributed by atoms with van der Waals surface area (Å²) in [5.74, 6) is -0.566. The maximum atomic E-state index is 13.4. The van der Waals surface area contributed by atoms with Crippen molar-refractivity contribution in [2.24, 2.45) is 17.0 Å². The average molecular weight is 595 g/mol. The van der Waals surface area contributed by atoms with E-state index in [1.807, 2.05) is 23.8 Å². The molecule has 36 heavy (non-hydrogen) atoms. The third-order valence-corrected chi connectivity index (χ3v) is 8.28. The molecule has 0 aliphatic heterocycles. The Kier molecular flexibility index (Phi) is 8.03. The Morgan fingerprint density at radius 3 is 2.92 bits per heavy atom. The maximum absolute atomic E-state index is 13.4. The predicted octanol–water partition coefficient (Wildman–Crippen LogP) is 2.71. The lowest BCUT2D eigenvalue weighted by Crippen LogP contribution is -2.24. The predicted molar refractivity (Wildman–Crippen MR) is 135 cm³/mol. The van der Waals surface area contributed by atoms with E-state index in [9.17, 15) is 23.6 Å². The second-order valence-corrected chi connectivity index (χ2v) is 12.2. The molecule has 3 aromatic heterocycles. The van der Waals surface area contributed by atoms with Crippen molar-refractivity contribution < 1.29 is 22.5 Å². The number of carbonyl (C=O) groups excluding carboxylic acids is 1. The molecule has 3 atom stereocenters. The highest BCUT2D eigenvalue weighted by molar-refractivity contribution is 9.10. The molecule has 1 saturated carbocycles. The third-order valence-electron chi connectivity index (χ3n) is 6.29. The summed E-state index contributed by atoms with van der Waals surface area (Å²) in [6, 6.07) is 5.75. The molecule has 1 fully saturated rings. The van der Waals surface area contributed by atoms with Gasteiger partial charge in [-0.15, -0.1) is 11.3 Å². The summed E-state index contributed by atoms with van der Waals surface area (Å²) < 4.78 is 29.5. The minimum absolute atomic E-state index is 0.00671. The van der Waals surface area contributed by atoms with Crippen LogP contribution in [0.4, 0.5) is 0 Å². The molecule has 3 aromatic rings. The second-order valence-electron chi connectivity index (χ2n) is 8.83. The number of aromatic nitrogens is 3. The number of halogens is 1. The number of nitrogens with two attached hydrogens (primary N) is 1. The van der Waals surface area contributed by atoms with E-state index in [4.69, 9.17) is 5.14 Å². The standard InChI is InChI=1S/C23H24BrN5O5S2/c1-13-15(9-29-10-17(24)6-18(29)7-25)5-22(35-13)23(31)19-8-27-12-28-20(19)3-14-2-16(21(30)4-14)11-34-36(26,32)33/h5-6,8,10,12,14,16,21,30H,2-4,9,11H2,1H3,(H2,26,32,33)/t14-,16+,21-/m0/s1. The van der Waals surface area contributed by atoms with E-state index in [0.717, 1.165) is 14.9 Å². The average Bonchev–Trinajstić information content (AvgIpc) is 3.48. The van der Waals surface area contributed by atoms with Crippen LogP contribution < -0.4 is 5.14 Å². The minimum atomic E-state index is -4.08. The summed E-state index contributed by atoms with van der Waals surface area (Å²) in [7, 11) is -4.08. The molecule has 1 aliphatic rings. The number of hydrogen-bond acceptors (Lipinski definition) is 9. The summed E-state index contributed by atoms with van der Waals surface area (Å²) in [5.41, 5.74) is 2.43. The number of nitrogens with zero attached hydrogens (tertiary/aromatic N) is 4. The Morgan fingerprint density at radius 2 is 2.19 bits per heavy atom. The zero-order valence-electron chi connectivity index (χ0n) is 19.3. The molecule has 0 radical (unpaired) electrons. The molecule has 0 amide bonds. The van der Waals surface area contributed by atoms with Gasteiger partial charge >= 0.3 is 10.3 Å².